The van der Waals surface area contributed by atoms with Crippen molar-refractivity contribution in [3.63, 3.8) is 0 Å². The Kier molecular flexibility index (Phi) is 3.49. The van der Waals surface area contributed by atoms with Gasteiger partial charge in [0, 0.05) is 5.92 Å². The lowest BCUT2D eigenvalue weighted by atomic mass is 9.89. The summed E-state index contributed by atoms with van der Waals surface area (Å²) < 4.78 is 0. The van der Waals surface area contributed by atoms with Crippen LogP contribution in [0.1, 0.15) is 32.3 Å². The highest BCUT2D eigenvalue weighted by Crippen LogP contribution is 2.23. The first-order valence-electron chi connectivity index (χ1n) is 4.86. The molecule has 1 heteroatoms. The summed E-state index contributed by atoms with van der Waals surface area (Å²) in [5.41, 5.74) is 1.21. The smallest absolute Gasteiger partial charge is 0.0628 e. The van der Waals surface area contributed by atoms with Crippen molar-refractivity contribution in [2.75, 3.05) is 0 Å². The molecular formula is C12H18O. The van der Waals surface area contributed by atoms with E-state index in [-0.39, 0.29) is 12.0 Å². The molecule has 13 heavy (non-hydrogen) atoms. The Labute approximate surface area is 80.4 Å². The molecule has 72 valence electrons. The molecule has 1 N–H and O–H groups in total. The largest absolute Gasteiger partial charge is 0.392 e. The molecule has 0 amide bonds. The summed E-state index contributed by atoms with van der Waals surface area (Å²) in [6.07, 6.45) is -0.248. The molecule has 1 aromatic carbocycles. The minimum absolute atomic E-state index is 0.223. The molecule has 0 fully saturated rings. The van der Waals surface area contributed by atoms with Gasteiger partial charge in [0.1, 0.15) is 0 Å². The van der Waals surface area contributed by atoms with Gasteiger partial charge in [0.05, 0.1) is 6.10 Å². The van der Waals surface area contributed by atoms with Crippen LogP contribution in [0.15, 0.2) is 30.3 Å². The van der Waals surface area contributed by atoms with E-state index in [1.165, 1.54) is 5.56 Å². The maximum Gasteiger partial charge on any atom is 0.0628 e. The molecule has 0 unspecified atom stereocenters. The van der Waals surface area contributed by atoms with Crippen LogP contribution in [0.3, 0.4) is 0 Å². The van der Waals surface area contributed by atoms with E-state index in [2.05, 4.69) is 19.1 Å². The van der Waals surface area contributed by atoms with Gasteiger partial charge in [0.15, 0.2) is 0 Å². The first-order chi connectivity index (χ1) is 6.13. The average Bonchev–Trinajstić information content (AvgIpc) is 2.17. The van der Waals surface area contributed by atoms with E-state index in [4.69, 9.17) is 0 Å². The predicted octanol–water partition coefficient (Wildman–Crippen LogP) is 2.81. The van der Waals surface area contributed by atoms with Crippen LogP contribution in [-0.4, -0.2) is 11.2 Å². The van der Waals surface area contributed by atoms with Crippen LogP contribution in [0.2, 0.25) is 0 Å². The summed E-state index contributed by atoms with van der Waals surface area (Å²) in [4.78, 5) is 0. The van der Waals surface area contributed by atoms with Crippen molar-refractivity contribution in [1.29, 1.82) is 0 Å². The molecule has 0 heterocycles. The second-order valence-electron chi connectivity index (χ2n) is 3.93. The van der Waals surface area contributed by atoms with E-state index in [0.29, 0.717) is 5.92 Å². The Morgan fingerprint density at radius 1 is 1.00 bits per heavy atom. The molecule has 2 atom stereocenters. The molecule has 0 saturated heterocycles. The van der Waals surface area contributed by atoms with Crippen LogP contribution in [-0.2, 0) is 0 Å². The Hall–Kier alpha value is -0.820. The van der Waals surface area contributed by atoms with Gasteiger partial charge in [-0.1, -0.05) is 51.1 Å². The number of aliphatic hydroxyl groups excluding tert-OH is 1. The van der Waals surface area contributed by atoms with Crippen molar-refractivity contribution in [2.45, 2.75) is 32.8 Å². The molecule has 0 radical (unpaired) electrons. The van der Waals surface area contributed by atoms with Gasteiger partial charge in [-0.25, -0.2) is 0 Å². The molecular weight excluding hydrogens is 160 g/mol. The van der Waals surface area contributed by atoms with E-state index in [0.717, 1.165) is 0 Å². The molecule has 0 aliphatic rings. The molecule has 0 bridgehead atoms. The van der Waals surface area contributed by atoms with E-state index in [9.17, 15) is 5.11 Å². The second-order valence-corrected chi connectivity index (χ2v) is 3.93. The Morgan fingerprint density at radius 2 is 1.54 bits per heavy atom. The Bertz CT molecular complexity index is 241. The number of hydrogen-bond acceptors (Lipinski definition) is 1. The van der Waals surface area contributed by atoms with E-state index < -0.39 is 0 Å². The predicted molar refractivity (Wildman–Crippen MR) is 55.7 cm³/mol. The first kappa shape index (κ1) is 10.3. The van der Waals surface area contributed by atoms with Gasteiger partial charge in [-0.2, -0.15) is 0 Å². The number of aliphatic hydroxyl groups is 1. The molecule has 0 aliphatic carbocycles. The fourth-order valence-electron chi connectivity index (χ4n) is 1.53. The van der Waals surface area contributed by atoms with Crippen LogP contribution in [0, 0.1) is 5.92 Å². The van der Waals surface area contributed by atoms with Crippen molar-refractivity contribution < 1.29 is 5.11 Å². The zero-order valence-corrected chi connectivity index (χ0v) is 8.57. The first-order valence-corrected chi connectivity index (χ1v) is 4.86. The van der Waals surface area contributed by atoms with Crippen LogP contribution < -0.4 is 0 Å². The number of rotatable bonds is 3. The number of hydrogen-bond donors (Lipinski definition) is 1. The third-order valence-corrected chi connectivity index (χ3v) is 2.52. The van der Waals surface area contributed by atoms with Gasteiger partial charge < -0.3 is 5.11 Å². The molecule has 1 nitrogen and oxygen atoms in total. The topological polar surface area (TPSA) is 20.2 Å². The normalized spacial score (nSPS) is 15.8. The van der Waals surface area contributed by atoms with Gasteiger partial charge in [-0.3, -0.25) is 0 Å². The zero-order valence-electron chi connectivity index (χ0n) is 8.57. The van der Waals surface area contributed by atoms with Crippen molar-refractivity contribution in [1.82, 2.24) is 0 Å². The molecule has 1 rings (SSSR count). The lowest BCUT2D eigenvalue weighted by Gasteiger charge is -2.22. The zero-order chi connectivity index (χ0) is 9.84. The lowest BCUT2D eigenvalue weighted by Crippen LogP contribution is -2.21. The SMILES string of the molecule is CC(C)[C@H](O)[C@@H](C)c1ccccc1. The molecule has 0 aromatic heterocycles. The average molecular weight is 178 g/mol. The Morgan fingerprint density at radius 3 is 2.00 bits per heavy atom. The van der Waals surface area contributed by atoms with Crippen molar-refractivity contribution in [2.24, 2.45) is 5.92 Å². The lowest BCUT2D eigenvalue weighted by molar-refractivity contribution is 0.102. The van der Waals surface area contributed by atoms with E-state index >= 15 is 0 Å². The summed E-state index contributed by atoms with van der Waals surface area (Å²) in [7, 11) is 0. The molecule has 0 saturated carbocycles. The third kappa shape index (κ3) is 2.56. The van der Waals surface area contributed by atoms with E-state index in [1.54, 1.807) is 0 Å². The second kappa shape index (κ2) is 4.43. The maximum absolute atomic E-state index is 9.85. The van der Waals surface area contributed by atoms with Crippen LogP contribution in [0.4, 0.5) is 0 Å². The minimum Gasteiger partial charge on any atom is -0.392 e. The monoisotopic (exact) mass is 178 g/mol. The number of benzene rings is 1. The van der Waals surface area contributed by atoms with E-state index in [1.807, 2.05) is 32.0 Å². The fourth-order valence-corrected chi connectivity index (χ4v) is 1.53. The highest BCUT2D eigenvalue weighted by molar-refractivity contribution is 5.19. The van der Waals surface area contributed by atoms with Crippen molar-refractivity contribution in [3.05, 3.63) is 35.9 Å². The van der Waals surface area contributed by atoms with Crippen LogP contribution >= 0.6 is 0 Å². The molecule has 0 spiro atoms. The molecule has 0 aliphatic heterocycles. The summed E-state index contributed by atoms with van der Waals surface area (Å²) in [6, 6.07) is 10.2. The maximum atomic E-state index is 9.85. The summed E-state index contributed by atoms with van der Waals surface area (Å²) >= 11 is 0. The van der Waals surface area contributed by atoms with Crippen LogP contribution in [0.5, 0.6) is 0 Å². The fraction of sp³-hybridized carbons (Fsp3) is 0.500. The molecule has 1 aromatic rings. The minimum atomic E-state index is -0.248. The van der Waals surface area contributed by atoms with Crippen LogP contribution in [0.25, 0.3) is 0 Å². The standard InChI is InChI=1S/C12H18O/c1-9(2)12(13)10(3)11-7-5-4-6-8-11/h4-10,12-13H,1-3H3/t10-,12-/m0/s1. The Balaban J connectivity index is 2.73. The van der Waals surface area contributed by atoms with Gasteiger partial charge in [0.25, 0.3) is 0 Å². The van der Waals surface area contributed by atoms with Gasteiger partial charge in [-0.05, 0) is 11.5 Å². The van der Waals surface area contributed by atoms with Gasteiger partial charge in [0.2, 0.25) is 0 Å². The summed E-state index contributed by atoms with van der Waals surface area (Å²) in [5, 5.41) is 9.85. The summed E-state index contributed by atoms with van der Waals surface area (Å²) in [5.74, 6) is 0.538. The highest BCUT2D eigenvalue weighted by atomic mass is 16.3. The van der Waals surface area contributed by atoms with Gasteiger partial charge >= 0.3 is 0 Å². The van der Waals surface area contributed by atoms with Crippen molar-refractivity contribution >= 4 is 0 Å². The van der Waals surface area contributed by atoms with Gasteiger partial charge in [-0.15, -0.1) is 0 Å². The van der Waals surface area contributed by atoms with Crippen molar-refractivity contribution in [3.8, 4) is 0 Å². The summed E-state index contributed by atoms with van der Waals surface area (Å²) in [6.45, 7) is 6.16. The third-order valence-electron chi connectivity index (χ3n) is 2.52. The quantitative estimate of drug-likeness (QED) is 0.754. The highest BCUT2D eigenvalue weighted by Gasteiger charge is 2.18.